The molecule has 0 aliphatic rings. The van der Waals surface area contributed by atoms with E-state index in [4.69, 9.17) is 5.26 Å². The van der Waals surface area contributed by atoms with Gasteiger partial charge in [-0.15, -0.1) is 5.10 Å². The largest absolute Gasteiger partial charge is 0.349 e. The third-order valence-corrected chi connectivity index (χ3v) is 1.69. The van der Waals surface area contributed by atoms with Crippen molar-refractivity contribution >= 4 is 5.91 Å². The van der Waals surface area contributed by atoms with Gasteiger partial charge in [0.2, 0.25) is 5.91 Å². The van der Waals surface area contributed by atoms with E-state index in [1.807, 2.05) is 6.07 Å². The highest BCUT2D eigenvalue weighted by Crippen LogP contribution is 1.93. The SMILES string of the molecule is CN(C)C(=O)CCn1cnc(C#N)n1. The monoisotopic (exact) mass is 193 g/mol. The van der Waals surface area contributed by atoms with Gasteiger partial charge in [-0.05, 0) is 0 Å². The van der Waals surface area contributed by atoms with Gasteiger partial charge in [-0.1, -0.05) is 0 Å². The molecule has 1 amide bonds. The summed E-state index contributed by atoms with van der Waals surface area (Å²) >= 11 is 0. The van der Waals surface area contributed by atoms with Gasteiger partial charge in [0.05, 0.1) is 6.54 Å². The van der Waals surface area contributed by atoms with Gasteiger partial charge < -0.3 is 4.90 Å². The minimum atomic E-state index is 0.0269. The lowest BCUT2D eigenvalue weighted by molar-refractivity contribution is -0.128. The van der Waals surface area contributed by atoms with Crippen LogP contribution in [0.4, 0.5) is 0 Å². The lowest BCUT2D eigenvalue weighted by Crippen LogP contribution is -2.22. The summed E-state index contributed by atoms with van der Waals surface area (Å²) in [7, 11) is 3.40. The number of rotatable bonds is 3. The number of carbonyl (C=O) groups is 1. The molecule has 1 aromatic heterocycles. The highest BCUT2D eigenvalue weighted by atomic mass is 16.2. The van der Waals surface area contributed by atoms with Crippen molar-refractivity contribution in [2.75, 3.05) is 14.1 Å². The fourth-order valence-corrected chi connectivity index (χ4v) is 0.887. The van der Waals surface area contributed by atoms with Crippen LogP contribution in [0.3, 0.4) is 0 Å². The van der Waals surface area contributed by atoms with Crippen LogP contribution in [0.2, 0.25) is 0 Å². The second kappa shape index (κ2) is 4.37. The van der Waals surface area contributed by atoms with Gasteiger partial charge in [-0.2, -0.15) is 5.26 Å². The van der Waals surface area contributed by atoms with E-state index in [2.05, 4.69) is 10.1 Å². The van der Waals surface area contributed by atoms with Crippen LogP contribution in [-0.2, 0) is 11.3 Å². The molecule has 14 heavy (non-hydrogen) atoms. The fraction of sp³-hybridized carbons (Fsp3) is 0.500. The van der Waals surface area contributed by atoms with Gasteiger partial charge >= 0.3 is 0 Å². The molecule has 74 valence electrons. The summed E-state index contributed by atoms with van der Waals surface area (Å²) in [5, 5.41) is 12.3. The minimum Gasteiger partial charge on any atom is -0.349 e. The van der Waals surface area contributed by atoms with Crippen LogP contribution < -0.4 is 0 Å². The lowest BCUT2D eigenvalue weighted by Gasteiger charge is -2.09. The van der Waals surface area contributed by atoms with Gasteiger partial charge in [0.25, 0.3) is 5.82 Å². The number of amides is 1. The van der Waals surface area contributed by atoms with Gasteiger partial charge in [0.15, 0.2) is 0 Å². The molecule has 0 spiro atoms. The van der Waals surface area contributed by atoms with Crippen LogP contribution in [0.25, 0.3) is 0 Å². The molecule has 1 rings (SSSR count). The van der Waals surface area contributed by atoms with Crippen LogP contribution >= 0.6 is 0 Å². The van der Waals surface area contributed by atoms with Crippen LogP contribution in [-0.4, -0.2) is 39.7 Å². The predicted molar refractivity (Wildman–Crippen MR) is 48.0 cm³/mol. The molecular formula is C8H11N5O. The predicted octanol–water partition coefficient (Wildman–Crippen LogP) is -0.372. The van der Waals surface area contributed by atoms with Crippen molar-refractivity contribution in [3.05, 3.63) is 12.2 Å². The third kappa shape index (κ3) is 2.55. The molecule has 1 aromatic rings. The number of hydrogen-bond donors (Lipinski definition) is 0. The van der Waals surface area contributed by atoms with Gasteiger partial charge in [-0.3, -0.25) is 9.48 Å². The van der Waals surface area contributed by atoms with Crippen molar-refractivity contribution < 1.29 is 4.79 Å². The molecule has 0 saturated carbocycles. The van der Waals surface area contributed by atoms with E-state index in [1.165, 1.54) is 15.9 Å². The zero-order valence-corrected chi connectivity index (χ0v) is 8.14. The van der Waals surface area contributed by atoms with Crippen LogP contribution in [0.5, 0.6) is 0 Å². The Bertz CT molecular complexity index is 362. The summed E-state index contributed by atoms with van der Waals surface area (Å²) in [5.74, 6) is 0.154. The van der Waals surface area contributed by atoms with E-state index in [1.54, 1.807) is 14.1 Å². The summed E-state index contributed by atoms with van der Waals surface area (Å²) in [5.41, 5.74) is 0. The first-order valence-corrected chi connectivity index (χ1v) is 4.13. The molecule has 1 heterocycles. The normalized spacial score (nSPS) is 9.50. The zero-order chi connectivity index (χ0) is 10.6. The van der Waals surface area contributed by atoms with Crippen LogP contribution in [0.1, 0.15) is 12.2 Å². The zero-order valence-electron chi connectivity index (χ0n) is 8.14. The van der Waals surface area contributed by atoms with Crippen molar-refractivity contribution in [2.45, 2.75) is 13.0 Å². The minimum absolute atomic E-state index is 0.0269. The molecule has 0 aromatic carbocycles. The summed E-state index contributed by atoms with van der Waals surface area (Å²) in [6.07, 6.45) is 1.81. The maximum atomic E-state index is 11.2. The van der Waals surface area contributed by atoms with E-state index in [0.717, 1.165) is 0 Å². The summed E-state index contributed by atoms with van der Waals surface area (Å²) in [6, 6.07) is 1.82. The molecule has 0 atom stereocenters. The molecule has 0 fully saturated rings. The Morgan fingerprint density at radius 3 is 2.93 bits per heavy atom. The Labute approximate surface area is 81.8 Å². The Balaban J connectivity index is 2.47. The van der Waals surface area contributed by atoms with E-state index in [0.29, 0.717) is 13.0 Å². The van der Waals surface area contributed by atoms with Crippen LogP contribution in [0, 0.1) is 11.3 Å². The molecule has 0 unspecified atom stereocenters. The fourth-order valence-electron chi connectivity index (χ4n) is 0.887. The summed E-state index contributed by atoms with van der Waals surface area (Å²) < 4.78 is 1.49. The number of nitrogens with zero attached hydrogens (tertiary/aromatic N) is 5. The molecule has 0 radical (unpaired) electrons. The molecule has 0 bridgehead atoms. The van der Waals surface area contributed by atoms with Crippen molar-refractivity contribution in [1.82, 2.24) is 19.7 Å². The summed E-state index contributed by atoms with van der Waals surface area (Å²) in [6.45, 7) is 0.450. The third-order valence-electron chi connectivity index (χ3n) is 1.69. The maximum Gasteiger partial charge on any atom is 0.252 e. The molecule has 0 aliphatic carbocycles. The highest BCUT2D eigenvalue weighted by Gasteiger charge is 2.05. The molecular weight excluding hydrogens is 182 g/mol. The molecule has 0 saturated heterocycles. The number of nitriles is 1. The number of carbonyl (C=O) groups excluding carboxylic acids is 1. The van der Waals surface area contributed by atoms with Crippen LogP contribution in [0.15, 0.2) is 6.33 Å². The molecule has 0 aliphatic heterocycles. The van der Waals surface area contributed by atoms with Crippen molar-refractivity contribution in [3.63, 3.8) is 0 Å². The van der Waals surface area contributed by atoms with Gasteiger partial charge in [0.1, 0.15) is 12.4 Å². The Morgan fingerprint density at radius 1 is 1.71 bits per heavy atom. The molecule has 6 heteroatoms. The van der Waals surface area contributed by atoms with Crippen molar-refractivity contribution in [3.8, 4) is 6.07 Å². The highest BCUT2D eigenvalue weighted by molar-refractivity contribution is 5.75. The van der Waals surface area contributed by atoms with E-state index >= 15 is 0 Å². The first kappa shape index (κ1) is 10.2. The Morgan fingerprint density at radius 2 is 2.43 bits per heavy atom. The summed E-state index contributed by atoms with van der Waals surface area (Å²) in [4.78, 5) is 16.4. The average molecular weight is 193 g/mol. The first-order valence-electron chi connectivity index (χ1n) is 4.13. The lowest BCUT2D eigenvalue weighted by atomic mass is 10.4. The average Bonchev–Trinajstić information content (AvgIpc) is 2.61. The smallest absolute Gasteiger partial charge is 0.252 e. The van der Waals surface area contributed by atoms with E-state index in [9.17, 15) is 4.79 Å². The molecule has 0 N–H and O–H groups in total. The van der Waals surface area contributed by atoms with Crippen molar-refractivity contribution in [1.29, 1.82) is 5.26 Å². The van der Waals surface area contributed by atoms with Gasteiger partial charge in [0, 0.05) is 20.5 Å². The first-order chi connectivity index (χ1) is 6.63. The Hall–Kier alpha value is -1.90. The van der Waals surface area contributed by atoms with Crippen molar-refractivity contribution in [2.24, 2.45) is 0 Å². The van der Waals surface area contributed by atoms with Gasteiger partial charge in [-0.25, -0.2) is 4.98 Å². The number of hydrogen-bond acceptors (Lipinski definition) is 4. The number of aryl methyl sites for hydroxylation is 1. The quantitative estimate of drug-likeness (QED) is 0.656. The standard InChI is InChI=1S/C8H11N5O/c1-12(2)8(14)3-4-13-6-10-7(5-9)11-13/h6H,3-4H2,1-2H3. The second-order valence-corrected chi connectivity index (χ2v) is 2.98. The van der Waals surface area contributed by atoms with E-state index in [-0.39, 0.29) is 11.7 Å². The number of aromatic nitrogens is 3. The Kier molecular flexibility index (Phi) is 3.18. The van der Waals surface area contributed by atoms with E-state index < -0.39 is 0 Å². The maximum absolute atomic E-state index is 11.2. The topological polar surface area (TPSA) is 74.8 Å². The second-order valence-electron chi connectivity index (χ2n) is 2.98. The molecule has 6 nitrogen and oxygen atoms in total.